The molecule has 0 aromatic carbocycles. The first-order valence-corrected chi connectivity index (χ1v) is 26.1. The Balaban J connectivity index is 1.46. The standard InChI is InChI=1S/C50H90NO5P/c1-5-24-44-31-35-46(36-32-44)26-22-40-55-48(52)28-17-13-9-7-11-15-19-42-57(50(54)30-21-39-51(3)4)43-20-16-12-8-10-14-18-29-49(53)56-41-23-27-47-37-33-45(25-6-2)34-38-47/h22-23,26-27,44-47H,5-21,24-25,28-43H2,1-4H3/b26-22-,27-23-. The number of nitrogens with zero attached hydrogens (tertiary/aromatic N) is 1. The highest BCUT2D eigenvalue weighted by Crippen LogP contribution is 2.41. The van der Waals surface area contributed by atoms with Crippen molar-refractivity contribution in [3.05, 3.63) is 24.3 Å². The van der Waals surface area contributed by atoms with E-state index in [1.807, 2.05) is 0 Å². The highest BCUT2D eigenvalue weighted by atomic mass is 31.1. The predicted octanol–water partition coefficient (Wildman–Crippen LogP) is 14.0. The summed E-state index contributed by atoms with van der Waals surface area (Å²) in [6.07, 6.45) is 45.6. The van der Waals surface area contributed by atoms with E-state index < -0.39 is 7.92 Å². The van der Waals surface area contributed by atoms with Crippen molar-refractivity contribution in [2.24, 2.45) is 23.7 Å². The van der Waals surface area contributed by atoms with E-state index in [0.717, 1.165) is 69.2 Å². The number of allylic oxidation sites excluding steroid dienone is 2. The molecule has 2 saturated carbocycles. The van der Waals surface area contributed by atoms with Crippen LogP contribution in [0.25, 0.3) is 0 Å². The molecule has 6 nitrogen and oxygen atoms in total. The lowest BCUT2D eigenvalue weighted by molar-refractivity contribution is -0.143. The van der Waals surface area contributed by atoms with Gasteiger partial charge in [0, 0.05) is 19.3 Å². The summed E-state index contributed by atoms with van der Waals surface area (Å²) in [6.45, 7) is 6.40. The molecule has 2 aliphatic carbocycles. The molecular weight excluding hydrogens is 726 g/mol. The van der Waals surface area contributed by atoms with E-state index in [4.69, 9.17) is 9.47 Å². The van der Waals surface area contributed by atoms with Gasteiger partial charge in [-0.2, -0.15) is 0 Å². The van der Waals surface area contributed by atoms with Crippen molar-refractivity contribution in [3.8, 4) is 0 Å². The number of hydrogen-bond donors (Lipinski definition) is 0. The van der Waals surface area contributed by atoms with E-state index >= 15 is 0 Å². The Hall–Kier alpha value is -1.52. The van der Waals surface area contributed by atoms with Crippen molar-refractivity contribution >= 4 is 25.4 Å². The molecule has 0 N–H and O–H groups in total. The van der Waals surface area contributed by atoms with E-state index in [0.29, 0.717) is 43.4 Å². The summed E-state index contributed by atoms with van der Waals surface area (Å²) >= 11 is 0. The molecule has 0 atom stereocenters. The summed E-state index contributed by atoms with van der Waals surface area (Å²) in [5, 5.41) is 0. The van der Waals surface area contributed by atoms with Crippen LogP contribution < -0.4 is 0 Å². The van der Waals surface area contributed by atoms with Crippen LogP contribution >= 0.6 is 7.92 Å². The third kappa shape index (κ3) is 28.6. The minimum atomic E-state index is -0.526. The second kappa shape index (κ2) is 35.3. The molecule has 7 heteroatoms. The fourth-order valence-electron chi connectivity index (χ4n) is 9.06. The zero-order valence-corrected chi connectivity index (χ0v) is 38.7. The Morgan fingerprint density at radius 2 is 0.912 bits per heavy atom. The summed E-state index contributed by atoms with van der Waals surface area (Å²) in [7, 11) is 3.64. The molecule has 0 bridgehead atoms. The number of esters is 2. The molecule has 0 amide bonds. The minimum Gasteiger partial charge on any atom is -0.461 e. The number of carbonyl (C=O) groups excluding carboxylic acids is 3. The summed E-state index contributed by atoms with van der Waals surface area (Å²) < 4.78 is 10.9. The van der Waals surface area contributed by atoms with Gasteiger partial charge in [0.25, 0.3) is 0 Å². The van der Waals surface area contributed by atoms with Gasteiger partial charge in [0.1, 0.15) is 13.2 Å². The number of unbranched alkanes of at least 4 members (excludes halogenated alkanes) is 12. The molecular formula is C50H90NO5P. The van der Waals surface area contributed by atoms with Crippen molar-refractivity contribution in [2.45, 2.75) is 206 Å². The van der Waals surface area contributed by atoms with Crippen molar-refractivity contribution in [1.29, 1.82) is 0 Å². The topological polar surface area (TPSA) is 72.9 Å². The maximum absolute atomic E-state index is 13.2. The van der Waals surface area contributed by atoms with E-state index in [1.165, 1.54) is 141 Å². The molecule has 0 spiro atoms. The first kappa shape index (κ1) is 51.6. The molecule has 0 aliphatic heterocycles. The molecule has 0 unspecified atom stereocenters. The Morgan fingerprint density at radius 1 is 0.526 bits per heavy atom. The average Bonchev–Trinajstić information content (AvgIpc) is 3.20. The zero-order valence-electron chi connectivity index (χ0n) is 37.8. The van der Waals surface area contributed by atoms with Crippen LogP contribution in [0, 0.1) is 23.7 Å². The molecule has 57 heavy (non-hydrogen) atoms. The number of rotatable bonds is 35. The summed E-state index contributed by atoms with van der Waals surface area (Å²) in [6, 6.07) is 0. The third-order valence-electron chi connectivity index (χ3n) is 12.6. The van der Waals surface area contributed by atoms with Crippen LogP contribution in [-0.4, -0.2) is 68.5 Å². The van der Waals surface area contributed by atoms with Crippen LogP contribution in [0.4, 0.5) is 0 Å². The lowest BCUT2D eigenvalue weighted by Gasteiger charge is -2.26. The number of carbonyl (C=O) groups is 3. The maximum Gasteiger partial charge on any atom is 0.306 e. The van der Waals surface area contributed by atoms with Gasteiger partial charge in [-0.1, -0.05) is 128 Å². The van der Waals surface area contributed by atoms with Crippen LogP contribution in [0.3, 0.4) is 0 Å². The highest BCUT2D eigenvalue weighted by Gasteiger charge is 2.20. The van der Waals surface area contributed by atoms with E-state index in [1.54, 1.807) is 0 Å². The first-order chi connectivity index (χ1) is 27.8. The van der Waals surface area contributed by atoms with Gasteiger partial charge in [-0.3, -0.25) is 14.4 Å². The lowest BCUT2D eigenvalue weighted by atomic mass is 9.80. The molecule has 0 aromatic rings. The molecule has 0 heterocycles. The summed E-state index contributed by atoms with van der Waals surface area (Å²) in [4.78, 5) is 39.7. The molecule has 0 aromatic heterocycles. The Morgan fingerprint density at radius 3 is 1.30 bits per heavy atom. The minimum absolute atomic E-state index is 0.0580. The second-order valence-electron chi connectivity index (χ2n) is 18.1. The zero-order chi connectivity index (χ0) is 41.2. The van der Waals surface area contributed by atoms with E-state index in [2.05, 4.69) is 57.1 Å². The average molecular weight is 816 g/mol. The van der Waals surface area contributed by atoms with Gasteiger partial charge in [-0.05, 0) is 148 Å². The van der Waals surface area contributed by atoms with Crippen LogP contribution in [0.5, 0.6) is 0 Å². The van der Waals surface area contributed by atoms with Gasteiger partial charge in [-0.15, -0.1) is 0 Å². The van der Waals surface area contributed by atoms with Crippen molar-refractivity contribution in [1.82, 2.24) is 4.90 Å². The lowest BCUT2D eigenvalue weighted by Crippen LogP contribution is -2.14. The Labute approximate surface area is 353 Å². The second-order valence-corrected chi connectivity index (χ2v) is 20.6. The third-order valence-corrected chi connectivity index (χ3v) is 15.3. The van der Waals surface area contributed by atoms with Gasteiger partial charge in [0.05, 0.1) is 0 Å². The Bertz CT molecular complexity index is 989. The molecule has 330 valence electrons. The predicted molar refractivity (Wildman–Crippen MR) is 244 cm³/mol. The monoisotopic (exact) mass is 816 g/mol. The molecule has 2 fully saturated rings. The number of hydrogen-bond acceptors (Lipinski definition) is 6. The van der Waals surface area contributed by atoms with Crippen LogP contribution in [-0.2, 0) is 23.9 Å². The number of ether oxygens (including phenoxy) is 2. The maximum atomic E-state index is 13.2. The van der Waals surface area contributed by atoms with Crippen LogP contribution in [0.2, 0.25) is 0 Å². The Kier molecular flexibility index (Phi) is 31.9. The van der Waals surface area contributed by atoms with Crippen molar-refractivity contribution in [3.63, 3.8) is 0 Å². The highest BCUT2D eigenvalue weighted by molar-refractivity contribution is 7.74. The summed E-state index contributed by atoms with van der Waals surface area (Å²) in [5.41, 5.74) is 0.542. The fraction of sp³-hybridized carbons (Fsp3) is 0.860. The molecule has 0 radical (unpaired) electrons. The van der Waals surface area contributed by atoms with E-state index in [-0.39, 0.29) is 11.9 Å². The van der Waals surface area contributed by atoms with Gasteiger partial charge in [0.2, 0.25) is 0 Å². The largest absolute Gasteiger partial charge is 0.461 e. The fourth-order valence-corrected chi connectivity index (χ4v) is 11.5. The SMILES string of the molecule is CCCC1CCC(/C=C\COC(=O)CCCCCCCCCP(CCCCCCCCCC(=O)OC/C=C\C2CCC(CCC)CC2)C(=O)CCCN(C)C)CC1. The van der Waals surface area contributed by atoms with Crippen molar-refractivity contribution < 1.29 is 23.9 Å². The molecule has 2 aliphatic rings. The molecule has 0 saturated heterocycles. The van der Waals surface area contributed by atoms with Crippen LogP contribution in [0.1, 0.15) is 206 Å². The smallest absolute Gasteiger partial charge is 0.306 e. The quantitative estimate of drug-likeness (QED) is 0.0275. The first-order valence-electron chi connectivity index (χ1n) is 24.4. The normalized spacial score (nSPS) is 20.7. The van der Waals surface area contributed by atoms with Gasteiger partial charge in [-0.25, -0.2) is 0 Å². The van der Waals surface area contributed by atoms with Crippen LogP contribution in [0.15, 0.2) is 24.3 Å². The van der Waals surface area contributed by atoms with Crippen molar-refractivity contribution in [2.75, 3.05) is 46.2 Å². The van der Waals surface area contributed by atoms with Gasteiger partial charge < -0.3 is 14.4 Å². The van der Waals surface area contributed by atoms with E-state index in [9.17, 15) is 14.4 Å². The van der Waals surface area contributed by atoms with Gasteiger partial charge in [0.15, 0.2) is 5.52 Å². The molecule has 2 rings (SSSR count). The van der Waals surface area contributed by atoms with Gasteiger partial charge >= 0.3 is 11.9 Å². The summed E-state index contributed by atoms with van der Waals surface area (Å²) in [5.74, 6) is 3.08.